The Labute approximate surface area is 176 Å². The molecule has 1 fully saturated rings. The summed E-state index contributed by atoms with van der Waals surface area (Å²) in [7, 11) is 3.08. The summed E-state index contributed by atoms with van der Waals surface area (Å²) in [6.45, 7) is 5.69. The maximum Gasteiger partial charge on any atom is 0.411 e. The Hall–Kier alpha value is -2.32. The molecule has 0 radical (unpaired) electrons. The molecule has 0 saturated carbocycles. The number of anilines is 1. The first-order chi connectivity index (χ1) is 13.7. The minimum absolute atomic E-state index is 0. The van der Waals surface area contributed by atoms with Gasteiger partial charge in [-0.3, -0.25) is 5.32 Å². The number of hydrogen-bond donors (Lipinski definition) is 2. The lowest BCUT2D eigenvalue weighted by Crippen LogP contribution is -3.13. The lowest BCUT2D eigenvalue weighted by Gasteiger charge is -2.24. The van der Waals surface area contributed by atoms with Crippen molar-refractivity contribution in [1.29, 1.82) is 0 Å². The van der Waals surface area contributed by atoms with Gasteiger partial charge in [0.25, 0.3) is 0 Å². The molecule has 0 atom stereocenters. The molecule has 3 rings (SSSR count). The van der Waals surface area contributed by atoms with E-state index in [1.165, 1.54) is 31.3 Å². The Morgan fingerprint density at radius 1 is 1.14 bits per heavy atom. The van der Waals surface area contributed by atoms with Gasteiger partial charge in [-0.15, -0.1) is 0 Å². The van der Waals surface area contributed by atoms with Crippen LogP contribution in [0.4, 0.5) is 10.5 Å². The van der Waals surface area contributed by atoms with Gasteiger partial charge < -0.3 is 40.7 Å². The molecule has 162 valence electrons. The number of nitrogens with one attached hydrogen (secondary N) is 2. The van der Waals surface area contributed by atoms with Crippen molar-refractivity contribution in [1.82, 2.24) is 0 Å². The highest BCUT2D eigenvalue weighted by molar-refractivity contribution is 6.02. The number of fused-ring (bicyclic) bond motifs is 1. The number of likely N-dealkylation sites (tertiary alicyclic amines) is 1. The van der Waals surface area contributed by atoms with Gasteiger partial charge in [-0.2, -0.15) is 0 Å². The highest BCUT2D eigenvalue weighted by atomic mass is 35.5. The molecule has 0 spiro atoms. The summed E-state index contributed by atoms with van der Waals surface area (Å²) >= 11 is 0. The van der Waals surface area contributed by atoms with Crippen LogP contribution in [0, 0.1) is 0 Å². The van der Waals surface area contributed by atoms with Crippen molar-refractivity contribution < 1.29 is 45.5 Å². The lowest BCUT2D eigenvalue weighted by molar-refractivity contribution is -0.904. The van der Waals surface area contributed by atoms with Crippen molar-refractivity contribution in [2.75, 3.05) is 52.4 Å². The van der Waals surface area contributed by atoms with Gasteiger partial charge in [-0.25, -0.2) is 4.79 Å². The Balaban J connectivity index is 0.00000300. The van der Waals surface area contributed by atoms with Crippen LogP contribution in [0.25, 0.3) is 11.0 Å². The number of rotatable bonds is 8. The van der Waals surface area contributed by atoms with E-state index in [4.69, 9.17) is 23.4 Å². The minimum atomic E-state index is -0.586. The van der Waals surface area contributed by atoms with Gasteiger partial charge in [0, 0.05) is 0 Å². The van der Waals surface area contributed by atoms with Crippen LogP contribution < -0.4 is 36.8 Å². The zero-order valence-electron chi connectivity index (χ0n) is 17.1. The number of ether oxygens (including phenoxy) is 4. The van der Waals surface area contributed by atoms with Crippen molar-refractivity contribution in [3.63, 3.8) is 0 Å². The summed E-state index contributed by atoms with van der Waals surface area (Å²) in [6.07, 6.45) is 4.77. The molecule has 1 amide bonds. The van der Waals surface area contributed by atoms with Crippen molar-refractivity contribution in [2.45, 2.75) is 26.2 Å². The number of furan rings is 1. The third kappa shape index (κ3) is 5.19. The van der Waals surface area contributed by atoms with E-state index in [9.17, 15) is 4.79 Å². The maximum atomic E-state index is 12.1. The fraction of sp³-hybridized carbons (Fsp3) is 0.550. The van der Waals surface area contributed by atoms with Gasteiger partial charge in [0.15, 0.2) is 17.1 Å². The molecule has 1 saturated heterocycles. The second-order valence-electron chi connectivity index (χ2n) is 6.69. The summed E-state index contributed by atoms with van der Waals surface area (Å²) in [5.41, 5.74) is 0.884. The SMILES string of the molecule is CCOC(=O)Nc1c(OCC[NH+]2CCCCC2)c(OC)c2occc2c1OC.[Cl-]. The number of carbonyl (C=O) groups is 1. The van der Waals surface area contributed by atoms with E-state index in [2.05, 4.69) is 5.32 Å². The van der Waals surface area contributed by atoms with Crippen molar-refractivity contribution in [2.24, 2.45) is 0 Å². The molecule has 1 aliphatic rings. The van der Waals surface area contributed by atoms with Crippen LogP contribution in [-0.2, 0) is 4.74 Å². The van der Waals surface area contributed by atoms with Gasteiger partial charge in [0.05, 0.1) is 45.6 Å². The molecule has 9 heteroatoms. The number of carbonyl (C=O) groups excluding carboxylic acids is 1. The number of quaternary nitrogens is 1. The van der Waals surface area contributed by atoms with E-state index in [1.54, 1.807) is 26.4 Å². The summed E-state index contributed by atoms with van der Waals surface area (Å²) < 4.78 is 27.9. The third-order valence-corrected chi connectivity index (χ3v) is 4.95. The molecule has 29 heavy (non-hydrogen) atoms. The van der Waals surface area contributed by atoms with E-state index in [-0.39, 0.29) is 19.0 Å². The molecular weight excluding hydrogens is 400 g/mol. The first-order valence-electron chi connectivity index (χ1n) is 9.74. The minimum Gasteiger partial charge on any atom is -1.00 e. The molecule has 0 unspecified atom stereocenters. The Bertz CT molecular complexity index is 804. The van der Waals surface area contributed by atoms with Crippen LogP contribution in [0.2, 0.25) is 0 Å². The molecule has 0 bridgehead atoms. The quantitative estimate of drug-likeness (QED) is 0.588. The lowest BCUT2D eigenvalue weighted by atomic mass is 10.1. The number of hydrogen-bond acceptors (Lipinski definition) is 6. The first kappa shape index (κ1) is 23.0. The fourth-order valence-electron chi connectivity index (χ4n) is 3.64. The van der Waals surface area contributed by atoms with Gasteiger partial charge in [0.1, 0.15) is 18.8 Å². The highest BCUT2D eigenvalue weighted by Crippen LogP contribution is 2.49. The molecule has 2 heterocycles. The summed E-state index contributed by atoms with van der Waals surface area (Å²) in [6, 6.07) is 1.76. The monoisotopic (exact) mass is 428 g/mol. The predicted molar refractivity (Wildman–Crippen MR) is 105 cm³/mol. The van der Waals surface area contributed by atoms with Gasteiger partial charge in [0.2, 0.25) is 5.75 Å². The fourth-order valence-corrected chi connectivity index (χ4v) is 3.64. The molecule has 0 aliphatic carbocycles. The van der Waals surface area contributed by atoms with Crippen LogP contribution in [0.1, 0.15) is 26.2 Å². The Morgan fingerprint density at radius 3 is 2.52 bits per heavy atom. The molecular formula is C20H29ClN2O6. The summed E-state index contributed by atoms with van der Waals surface area (Å²) in [5, 5.41) is 3.42. The van der Waals surface area contributed by atoms with Crippen molar-refractivity contribution in [3.8, 4) is 17.2 Å². The van der Waals surface area contributed by atoms with Gasteiger partial charge in [-0.1, -0.05) is 0 Å². The predicted octanol–water partition coefficient (Wildman–Crippen LogP) is -0.530. The Morgan fingerprint density at radius 2 is 1.86 bits per heavy atom. The van der Waals surface area contributed by atoms with Crippen LogP contribution >= 0.6 is 0 Å². The standard InChI is InChI=1S/C20H28N2O6.ClH/c1-4-26-20(23)21-15-16(24-2)14-8-12-27-17(14)19(25-3)18(15)28-13-11-22-9-6-5-7-10-22;/h8,12H,4-7,9-11,13H2,1-3H3,(H,21,23);1H. The molecule has 2 aromatic rings. The third-order valence-electron chi connectivity index (χ3n) is 4.95. The van der Waals surface area contributed by atoms with E-state index in [1.807, 2.05) is 0 Å². The zero-order valence-corrected chi connectivity index (χ0v) is 17.9. The average molecular weight is 429 g/mol. The smallest absolute Gasteiger partial charge is 0.411 e. The van der Waals surface area contributed by atoms with E-state index in [0.29, 0.717) is 40.5 Å². The Kier molecular flexibility index (Phi) is 8.72. The van der Waals surface area contributed by atoms with Crippen LogP contribution in [-0.4, -0.2) is 53.2 Å². The van der Waals surface area contributed by atoms with Crippen molar-refractivity contribution in [3.05, 3.63) is 12.3 Å². The van der Waals surface area contributed by atoms with Crippen LogP contribution in [0.5, 0.6) is 17.2 Å². The zero-order chi connectivity index (χ0) is 19.9. The maximum absolute atomic E-state index is 12.1. The van der Waals surface area contributed by atoms with E-state index in [0.717, 1.165) is 19.6 Å². The normalized spacial score (nSPS) is 14.2. The number of methoxy groups -OCH3 is 2. The second kappa shape index (κ2) is 11.0. The molecule has 1 aromatic heterocycles. The van der Waals surface area contributed by atoms with E-state index >= 15 is 0 Å². The molecule has 1 aromatic carbocycles. The number of amides is 1. The van der Waals surface area contributed by atoms with Crippen molar-refractivity contribution >= 4 is 22.7 Å². The largest absolute Gasteiger partial charge is 1.00 e. The summed E-state index contributed by atoms with van der Waals surface area (Å²) in [5.74, 6) is 1.24. The average Bonchev–Trinajstić information content (AvgIpc) is 3.18. The number of halogens is 1. The number of benzene rings is 1. The van der Waals surface area contributed by atoms with E-state index < -0.39 is 6.09 Å². The first-order valence-corrected chi connectivity index (χ1v) is 9.74. The van der Waals surface area contributed by atoms with Gasteiger partial charge >= 0.3 is 6.09 Å². The van der Waals surface area contributed by atoms with Crippen LogP contribution in [0.3, 0.4) is 0 Å². The molecule has 2 N–H and O–H groups in total. The van der Waals surface area contributed by atoms with Crippen LogP contribution in [0.15, 0.2) is 16.7 Å². The second-order valence-corrected chi connectivity index (χ2v) is 6.69. The molecule has 8 nitrogen and oxygen atoms in total. The topological polar surface area (TPSA) is 83.6 Å². The summed E-state index contributed by atoms with van der Waals surface area (Å²) in [4.78, 5) is 13.6. The molecule has 1 aliphatic heterocycles. The number of piperidine rings is 1. The van der Waals surface area contributed by atoms with Gasteiger partial charge in [-0.05, 0) is 32.3 Å². The highest BCUT2D eigenvalue weighted by Gasteiger charge is 2.27.